The summed E-state index contributed by atoms with van der Waals surface area (Å²) >= 11 is 0. The van der Waals surface area contributed by atoms with E-state index in [0.717, 1.165) is 11.3 Å². The molecule has 0 atom stereocenters. The molecule has 1 aromatic carbocycles. The lowest BCUT2D eigenvalue weighted by atomic mass is 10.1. The molecule has 0 saturated carbocycles. The maximum Gasteiger partial charge on any atom is 0.347 e. The van der Waals surface area contributed by atoms with Crippen molar-refractivity contribution in [2.75, 3.05) is 30.9 Å². The molecule has 0 radical (unpaired) electrons. The molecule has 8 nitrogen and oxygen atoms in total. The van der Waals surface area contributed by atoms with Crippen molar-refractivity contribution in [1.29, 1.82) is 0 Å². The Morgan fingerprint density at radius 2 is 2.00 bits per heavy atom. The van der Waals surface area contributed by atoms with Gasteiger partial charge in [-0.15, -0.1) is 12.4 Å². The van der Waals surface area contributed by atoms with Gasteiger partial charge in [0.15, 0.2) is 22.9 Å². The Kier molecular flexibility index (Phi) is 6.85. The van der Waals surface area contributed by atoms with Crippen LogP contribution < -0.4 is 10.2 Å². The second kappa shape index (κ2) is 9.57. The molecule has 0 amide bonds. The number of benzene rings is 1. The molecule has 0 unspecified atom stereocenters. The third kappa shape index (κ3) is 4.45. The summed E-state index contributed by atoms with van der Waals surface area (Å²) in [6.07, 6.45) is 4.91. The SMILES string of the molecule is CCOC(=O)c1c(Nc2ccc(N(C)C)cc2)oc(C=C2C=Nc3ncccc32)c1O.Cl. The summed E-state index contributed by atoms with van der Waals surface area (Å²) in [5, 5.41) is 13.8. The van der Waals surface area contributed by atoms with E-state index < -0.39 is 5.97 Å². The van der Waals surface area contributed by atoms with Gasteiger partial charge in [-0.25, -0.2) is 14.8 Å². The second-order valence-electron chi connectivity index (χ2n) is 7.04. The quantitative estimate of drug-likeness (QED) is 0.503. The van der Waals surface area contributed by atoms with Gasteiger partial charge in [-0.2, -0.15) is 0 Å². The van der Waals surface area contributed by atoms with Gasteiger partial charge in [0.05, 0.1) is 6.61 Å². The monoisotopic (exact) mass is 454 g/mol. The van der Waals surface area contributed by atoms with Crippen molar-refractivity contribution < 1.29 is 19.1 Å². The first-order valence-corrected chi connectivity index (χ1v) is 9.76. The number of fused-ring (bicyclic) bond motifs is 1. The van der Waals surface area contributed by atoms with Crippen LogP contribution >= 0.6 is 12.4 Å². The van der Waals surface area contributed by atoms with Crippen molar-refractivity contribution in [2.45, 2.75) is 6.92 Å². The van der Waals surface area contributed by atoms with E-state index >= 15 is 0 Å². The zero-order valence-electron chi connectivity index (χ0n) is 17.8. The summed E-state index contributed by atoms with van der Waals surface area (Å²) in [4.78, 5) is 23.0. The molecule has 0 bridgehead atoms. The van der Waals surface area contributed by atoms with Gasteiger partial charge in [-0.05, 0) is 49.4 Å². The smallest absolute Gasteiger partial charge is 0.347 e. The number of rotatable bonds is 6. The van der Waals surface area contributed by atoms with E-state index in [9.17, 15) is 9.90 Å². The van der Waals surface area contributed by atoms with Gasteiger partial charge in [0.2, 0.25) is 5.88 Å². The molecular formula is C23H23ClN4O4. The highest BCUT2D eigenvalue weighted by Gasteiger charge is 2.27. The molecule has 0 fully saturated rings. The van der Waals surface area contributed by atoms with Crippen LogP contribution in [0.3, 0.4) is 0 Å². The minimum absolute atomic E-state index is 0. The van der Waals surface area contributed by atoms with Crippen molar-refractivity contribution in [1.82, 2.24) is 4.98 Å². The third-order valence-electron chi connectivity index (χ3n) is 4.74. The topological polar surface area (TPSA) is 100 Å². The van der Waals surface area contributed by atoms with Crippen molar-refractivity contribution in [3.8, 4) is 5.75 Å². The molecule has 3 aromatic rings. The zero-order valence-corrected chi connectivity index (χ0v) is 18.6. The van der Waals surface area contributed by atoms with Crippen LogP contribution in [0.2, 0.25) is 0 Å². The van der Waals surface area contributed by atoms with E-state index in [4.69, 9.17) is 9.15 Å². The Hall–Kier alpha value is -3.78. The highest BCUT2D eigenvalue weighted by molar-refractivity contribution is 6.21. The molecule has 2 aromatic heterocycles. The molecule has 166 valence electrons. The summed E-state index contributed by atoms with van der Waals surface area (Å²) in [7, 11) is 3.90. The summed E-state index contributed by atoms with van der Waals surface area (Å²) in [5.74, 6) is -0.174. The zero-order chi connectivity index (χ0) is 22.0. The molecule has 0 saturated heterocycles. The van der Waals surface area contributed by atoms with Crippen molar-refractivity contribution in [2.24, 2.45) is 4.99 Å². The summed E-state index contributed by atoms with van der Waals surface area (Å²) in [5.41, 5.74) is 3.18. The molecule has 1 aliphatic heterocycles. The number of ether oxygens (including phenoxy) is 1. The number of aromatic nitrogens is 1. The maximum atomic E-state index is 12.5. The number of anilines is 3. The van der Waals surface area contributed by atoms with Gasteiger partial charge >= 0.3 is 5.97 Å². The lowest BCUT2D eigenvalue weighted by Gasteiger charge is -2.13. The number of aliphatic imine (C=N–C) groups is 1. The van der Waals surface area contributed by atoms with Gasteiger partial charge < -0.3 is 24.5 Å². The third-order valence-corrected chi connectivity index (χ3v) is 4.74. The molecular weight excluding hydrogens is 432 g/mol. The normalized spacial score (nSPS) is 12.9. The van der Waals surface area contributed by atoms with Crippen LogP contribution in [0, 0.1) is 0 Å². The molecule has 4 rings (SSSR count). The standard InChI is InChI=1S/C23H22N4O4.ClH/c1-4-30-23(29)19-20(28)18(12-14-13-25-21-17(14)6-5-11-24-21)31-22(19)26-15-7-9-16(10-8-15)27(2)3;/h5-13,26,28H,4H2,1-3H3;1H. The summed E-state index contributed by atoms with van der Waals surface area (Å²) in [6.45, 7) is 1.87. The Morgan fingerprint density at radius 3 is 2.69 bits per heavy atom. The first kappa shape index (κ1) is 22.9. The fourth-order valence-electron chi connectivity index (χ4n) is 3.17. The number of hydrogen-bond donors (Lipinski definition) is 2. The highest BCUT2D eigenvalue weighted by Crippen LogP contribution is 2.39. The predicted octanol–water partition coefficient (Wildman–Crippen LogP) is 5.04. The lowest BCUT2D eigenvalue weighted by molar-refractivity contribution is 0.0524. The van der Waals surface area contributed by atoms with Gasteiger partial charge in [0.1, 0.15) is 0 Å². The van der Waals surface area contributed by atoms with E-state index in [2.05, 4.69) is 15.3 Å². The Bertz CT molecular complexity index is 1180. The van der Waals surface area contributed by atoms with Crippen LogP contribution in [0.1, 0.15) is 28.6 Å². The first-order valence-electron chi connectivity index (χ1n) is 9.76. The van der Waals surface area contributed by atoms with Gasteiger partial charge in [0, 0.05) is 49.0 Å². The Morgan fingerprint density at radius 1 is 1.25 bits per heavy atom. The first-order chi connectivity index (χ1) is 15.0. The van der Waals surface area contributed by atoms with E-state index in [1.165, 1.54) is 0 Å². The fourth-order valence-corrected chi connectivity index (χ4v) is 3.17. The average Bonchev–Trinajstić information content (AvgIpc) is 3.30. The minimum Gasteiger partial charge on any atom is -0.504 e. The van der Waals surface area contributed by atoms with Crippen LogP contribution in [-0.4, -0.2) is 43.0 Å². The number of allylic oxidation sites excluding steroid dienone is 1. The molecule has 32 heavy (non-hydrogen) atoms. The number of furan rings is 1. The molecule has 0 aliphatic carbocycles. The Balaban J connectivity index is 0.00000289. The largest absolute Gasteiger partial charge is 0.504 e. The van der Waals surface area contributed by atoms with Crippen LogP contribution in [0.5, 0.6) is 5.75 Å². The van der Waals surface area contributed by atoms with E-state index in [0.29, 0.717) is 17.1 Å². The maximum absolute atomic E-state index is 12.5. The number of halogens is 1. The number of pyridine rings is 1. The number of nitrogens with zero attached hydrogens (tertiary/aromatic N) is 3. The molecule has 1 aliphatic rings. The van der Waals surface area contributed by atoms with Crippen molar-refractivity contribution in [3.05, 3.63) is 59.5 Å². The highest BCUT2D eigenvalue weighted by atomic mass is 35.5. The number of esters is 1. The average molecular weight is 455 g/mol. The summed E-state index contributed by atoms with van der Waals surface area (Å²) < 4.78 is 11.0. The number of carbonyl (C=O) groups is 1. The van der Waals surface area contributed by atoms with E-state index in [-0.39, 0.29) is 42.0 Å². The number of aromatic hydroxyl groups is 1. The molecule has 9 heteroatoms. The predicted molar refractivity (Wildman–Crippen MR) is 128 cm³/mol. The van der Waals surface area contributed by atoms with Crippen LogP contribution in [-0.2, 0) is 4.74 Å². The minimum atomic E-state index is -0.678. The molecule has 2 N–H and O–H groups in total. The van der Waals surface area contributed by atoms with E-state index in [1.807, 2.05) is 49.3 Å². The molecule has 3 heterocycles. The van der Waals surface area contributed by atoms with E-state index in [1.54, 1.807) is 31.5 Å². The van der Waals surface area contributed by atoms with Crippen LogP contribution in [0.4, 0.5) is 23.1 Å². The second-order valence-corrected chi connectivity index (χ2v) is 7.04. The van der Waals surface area contributed by atoms with Gasteiger partial charge in [-0.1, -0.05) is 0 Å². The van der Waals surface area contributed by atoms with Crippen LogP contribution in [0.25, 0.3) is 11.6 Å². The van der Waals surface area contributed by atoms with Gasteiger partial charge in [-0.3, -0.25) is 0 Å². The number of hydrogen-bond acceptors (Lipinski definition) is 8. The van der Waals surface area contributed by atoms with Crippen molar-refractivity contribution >= 4 is 59.3 Å². The van der Waals surface area contributed by atoms with Crippen LogP contribution in [0.15, 0.2) is 52.0 Å². The van der Waals surface area contributed by atoms with Gasteiger partial charge in [0.25, 0.3) is 0 Å². The number of nitrogens with one attached hydrogen (secondary N) is 1. The summed E-state index contributed by atoms with van der Waals surface area (Å²) in [6, 6.07) is 11.2. The Labute approximate surface area is 191 Å². The van der Waals surface area contributed by atoms with Crippen molar-refractivity contribution in [3.63, 3.8) is 0 Å². The molecule has 0 spiro atoms. The number of carbonyl (C=O) groups excluding carboxylic acids is 1. The lowest BCUT2D eigenvalue weighted by Crippen LogP contribution is -2.08. The fraction of sp³-hybridized carbons (Fsp3) is 0.174.